The van der Waals surface area contributed by atoms with Crippen LogP contribution in [0.5, 0.6) is 0 Å². The van der Waals surface area contributed by atoms with Gasteiger partial charge in [-0.3, -0.25) is 0 Å². The van der Waals surface area contributed by atoms with Crippen molar-refractivity contribution in [3.05, 3.63) is 40.1 Å². The Hall–Kier alpha value is -1.40. The van der Waals surface area contributed by atoms with Gasteiger partial charge in [0.05, 0.1) is 21.4 Å². The van der Waals surface area contributed by atoms with Crippen LogP contribution >= 0.6 is 23.2 Å². The number of hydrogen-bond donors (Lipinski definition) is 1. The molecular formula is C10H6Cl2F3N3. The predicted molar refractivity (Wildman–Crippen MR) is 63.0 cm³/mol. The fraction of sp³-hybridized carbons (Fsp3) is 0.100. The fourth-order valence-corrected chi connectivity index (χ4v) is 1.69. The Balaban J connectivity index is 2.50. The van der Waals surface area contributed by atoms with Gasteiger partial charge in [-0.15, -0.1) is 0 Å². The molecule has 8 heteroatoms. The molecule has 0 amide bonds. The number of nitrogens with two attached hydrogens (primary N) is 1. The summed E-state index contributed by atoms with van der Waals surface area (Å²) in [5.74, 6) is 0. The lowest BCUT2D eigenvalue weighted by atomic mass is 10.3. The summed E-state index contributed by atoms with van der Waals surface area (Å²) in [5.41, 5.74) is 5.07. The summed E-state index contributed by atoms with van der Waals surface area (Å²) >= 11 is 11.5. The minimum Gasteiger partial charge on any atom is -0.397 e. The highest BCUT2D eigenvalue weighted by molar-refractivity contribution is 6.42. The van der Waals surface area contributed by atoms with Gasteiger partial charge in [-0.05, 0) is 18.2 Å². The van der Waals surface area contributed by atoms with Crippen LogP contribution in [0.15, 0.2) is 24.4 Å². The smallest absolute Gasteiger partial charge is 0.397 e. The fourth-order valence-electron chi connectivity index (χ4n) is 1.36. The van der Waals surface area contributed by atoms with Crippen LogP contribution in [-0.4, -0.2) is 9.78 Å². The van der Waals surface area contributed by atoms with Gasteiger partial charge in [0.25, 0.3) is 0 Å². The molecule has 1 aromatic heterocycles. The molecule has 1 heterocycles. The van der Waals surface area contributed by atoms with Crippen molar-refractivity contribution in [2.45, 2.75) is 6.18 Å². The van der Waals surface area contributed by atoms with Crippen LogP contribution in [0.3, 0.4) is 0 Å². The Kier molecular flexibility index (Phi) is 3.16. The van der Waals surface area contributed by atoms with E-state index in [4.69, 9.17) is 28.9 Å². The Labute approximate surface area is 110 Å². The Bertz CT molecular complexity index is 593. The van der Waals surface area contributed by atoms with E-state index in [2.05, 4.69) is 5.10 Å². The van der Waals surface area contributed by atoms with E-state index in [9.17, 15) is 13.2 Å². The van der Waals surface area contributed by atoms with E-state index in [1.807, 2.05) is 0 Å². The summed E-state index contributed by atoms with van der Waals surface area (Å²) < 4.78 is 38.2. The molecule has 0 bridgehead atoms. The predicted octanol–water partition coefficient (Wildman–Crippen LogP) is 3.78. The molecule has 0 saturated carbocycles. The summed E-state index contributed by atoms with van der Waals surface area (Å²) in [6.07, 6.45) is -3.35. The average Bonchev–Trinajstić information content (AvgIpc) is 2.72. The number of halogens is 5. The number of rotatable bonds is 1. The minimum atomic E-state index is -4.50. The molecule has 0 spiro atoms. The van der Waals surface area contributed by atoms with E-state index in [0.29, 0.717) is 0 Å². The lowest BCUT2D eigenvalue weighted by Gasteiger charge is -2.08. The number of alkyl halides is 3. The van der Waals surface area contributed by atoms with Gasteiger partial charge in [0.15, 0.2) is 5.69 Å². The van der Waals surface area contributed by atoms with Crippen LogP contribution in [-0.2, 0) is 6.18 Å². The first kappa shape index (κ1) is 13.0. The third kappa shape index (κ3) is 2.39. The zero-order valence-electron chi connectivity index (χ0n) is 8.67. The molecule has 1 aromatic carbocycles. The van der Waals surface area contributed by atoms with Crippen LogP contribution in [0.1, 0.15) is 5.69 Å². The second kappa shape index (κ2) is 4.37. The van der Waals surface area contributed by atoms with Crippen molar-refractivity contribution < 1.29 is 13.2 Å². The van der Waals surface area contributed by atoms with Gasteiger partial charge in [-0.2, -0.15) is 18.3 Å². The van der Waals surface area contributed by atoms with E-state index >= 15 is 0 Å². The van der Waals surface area contributed by atoms with Crippen molar-refractivity contribution in [2.24, 2.45) is 0 Å². The Morgan fingerprint density at radius 2 is 1.78 bits per heavy atom. The van der Waals surface area contributed by atoms with E-state index < -0.39 is 11.9 Å². The third-order valence-corrected chi connectivity index (χ3v) is 2.92. The zero-order chi connectivity index (χ0) is 13.5. The average molecular weight is 296 g/mol. The zero-order valence-corrected chi connectivity index (χ0v) is 10.2. The van der Waals surface area contributed by atoms with Crippen LogP contribution in [0.4, 0.5) is 18.9 Å². The highest BCUT2D eigenvalue weighted by Crippen LogP contribution is 2.31. The first-order valence-corrected chi connectivity index (χ1v) is 5.42. The normalized spacial score (nSPS) is 11.8. The molecule has 0 atom stereocenters. The second-order valence-electron chi connectivity index (χ2n) is 3.47. The first-order valence-electron chi connectivity index (χ1n) is 4.67. The number of nitrogens with zero attached hydrogens (tertiary/aromatic N) is 2. The van der Waals surface area contributed by atoms with Crippen molar-refractivity contribution in [2.75, 3.05) is 5.73 Å². The second-order valence-corrected chi connectivity index (χ2v) is 4.28. The van der Waals surface area contributed by atoms with Crippen molar-refractivity contribution in [1.29, 1.82) is 0 Å². The summed E-state index contributed by atoms with van der Waals surface area (Å²) in [5, 5.41) is 3.80. The highest BCUT2D eigenvalue weighted by atomic mass is 35.5. The molecule has 0 radical (unpaired) electrons. The summed E-state index contributed by atoms with van der Waals surface area (Å²) in [6, 6.07) is 3.56. The summed E-state index contributed by atoms with van der Waals surface area (Å²) in [6.45, 7) is 0. The Morgan fingerprint density at radius 3 is 2.33 bits per heavy atom. The molecule has 0 aliphatic heterocycles. The van der Waals surface area contributed by atoms with Gasteiger partial charge in [-0.25, -0.2) is 4.68 Å². The molecule has 0 aliphatic carbocycles. The maximum absolute atomic E-state index is 12.4. The lowest BCUT2D eigenvalue weighted by molar-refractivity contribution is -0.141. The molecule has 0 fully saturated rings. The van der Waals surface area contributed by atoms with Crippen molar-refractivity contribution in [3.63, 3.8) is 0 Å². The van der Waals surface area contributed by atoms with Gasteiger partial charge in [0.2, 0.25) is 0 Å². The number of anilines is 1. The molecule has 96 valence electrons. The number of hydrogen-bond acceptors (Lipinski definition) is 2. The van der Waals surface area contributed by atoms with Crippen molar-refractivity contribution >= 4 is 28.9 Å². The topological polar surface area (TPSA) is 43.8 Å². The molecule has 0 aliphatic rings. The summed E-state index contributed by atoms with van der Waals surface area (Å²) in [7, 11) is 0. The van der Waals surface area contributed by atoms with Crippen molar-refractivity contribution in [3.8, 4) is 5.69 Å². The molecule has 2 N–H and O–H groups in total. The standard InChI is InChI=1S/C10H6Cl2F3N3/c11-5-3-7(16)8(4-6(5)12)18-2-1-9(17-18)10(13,14)15/h1-4H,16H2. The molecule has 2 rings (SSSR count). The quantitative estimate of drug-likeness (QED) is 0.814. The largest absolute Gasteiger partial charge is 0.435 e. The molecule has 2 aromatic rings. The van der Waals surface area contributed by atoms with Gasteiger partial charge in [0.1, 0.15) is 0 Å². The van der Waals surface area contributed by atoms with E-state index in [1.165, 1.54) is 12.1 Å². The van der Waals surface area contributed by atoms with Crippen LogP contribution in [0, 0.1) is 0 Å². The number of benzene rings is 1. The Morgan fingerprint density at radius 1 is 1.17 bits per heavy atom. The lowest BCUT2D eigenvalue weighted by Crippen LogP contribution is -2.08. The minimum absolute atomic E-state index is 0.182. The van der Waals surface area contributed by atoms with Crippen LogP contribution in [0.25, 0.3) is 5.69 Å². The molecule has 0 unspecified atom stereocenters. The van der Waals surface area contributed by atoms with Gasteiger partial charge in [-0.1, -0.05) is 23.2 Å². The highest BCUT2D eigenvalue weighted by Gasteiger charge is 2.33. The van der Waals surface area contributed by atoms with E-state index in [-0.39, 0.29) is 21.4 Å². The van der Waals surface area contributed by atoms with E-state index in [1.54, 1.807) is 0 Å². The SMILES string of the molecule is Nc1cc(Cl)c(Cl)cc1-n1ccc(C(F)(F)F)n1. The number of aromatic nitrogens is 2. The molecule has 0 saturated heterocycles. The van der Waals surface area contributed by atoms with Gasteiger partial charge < -0.3 is 5.73 Å². The van der Waals surface area contributed by atoms with Crippen LogP contribution < -0.4 is 5.73 Å². The van der Waals surface area contributed by atoms with Crippen molar-refractivity contribution in [1.82, 2.24) is 9.78 Å². The molecule has 3 nitrogen and oxygen atoms in total. The number of nitrogen functional groups attached to an aromatic ring is 1. The monoisotopic (exact) mass is 295 g/mol. The maximum atomic E-state index is 12.4. The van der Waals surface area contributed by atoms with Gasteiger partial charge in [0, 0.05) is 6.20 Å². The first-order chi connectivity index (χ1) is 8.29. The molecule has 18 heavy (non-hydrogen) atoms. The summed E-state index contributed by atoms with van der Waals surface area (Å²) in [4.78, 5) is 0. The third-order valence-electron chi connectivity index (χ3n) is 2.20. The molecular weight excluding hydrogens is 290 g/mol. The van der Waals surface area contributed by atoms with Crippen LogP contribution in [0.2, 0.25) is 10.0 Å². The maximum Gasteiger partial charge on any atom is 0.435 e. The van der Waals surface area contributed by atoms with E-state index in [0.717, 1.165) is 16.9 Å². The van der Waals surface area contributed by atoms with Gasteiger partial charge >= 0.3 is 6.18 Å².